The van der Waals surface area contributed by atoms with Gasteiger partial charge in [-0.05, 0) is 31.2 Å². The second kappa shape index (κ2) is 6.34. The molecule has 23 heavy (non-hydrogen) atoms. The van der Waals surface area contributed by atoms with Crippen molar-refractivity contribution in [1.29, 1.82) is 0 Å². The fourth-order valence-electron chi connectivity index (χ4n) is 2.50. The Hall–Kier alpha value is -1.85. The average Bonchev–Trinajstić information content (AvgIpc) is 2.86. The molecule has 0 spiro atoms. The molecule has 0 saturated carbocycles. The number of halogens is 2. The second-order valence-corrected chi connectivity index (χ2v) is 5.95. The number of nitrogens with zero attached hydrogens (tertiary/aromatic N) is 2. The van der Waals surface area contributed by atoms with Crippen LogP contribution in [0.4, 0.5) is 0 Å². The molecule has 0 radical (unpaired) electrons. The summed E-state index contributed by atoms with van der Waals surface area (Å²) in [5.41, 5.74) is 3.11. The second-order valence-electron chi connectivity index (χ2n) is 5.10. The van der Waals surface area contributed by atoms with Crippen molar-refractivity contribution in [3.8, 4) is 16.9 Å². The van der Waals surface area contributed by atoms with Crippen molar-refractivity contribution in [2.75, 3.05) is 0 Å². The van der Waals surface area contributed by atoms with Gasteiger partial charge in [0.2, 0.25) is 0 Å². The monoisotopic (exact) mass is 348 g/mol. The minimum atomic E-state index is -1.66. The normalized spacial score (nSPS) is 11.2. The zero-order valence-electron chi connectivity index (χ0n) is 12.2. The first kappa shape index (κ1) is 16.0. The number of hydrogen-bond donors (Lipinski definition) is 2. The van der Waals surface area contributed by atoms with Crippen LogP contribution in [0.15, 0.2) is 48.5 Å². The van der Waals surface area contributed by atoms with Crippen LogP contribution >= 0.6 is 23.2 Å². The molecule has 0 amide bonds. The molecule has 2 aromatic carbocycles. The largest absolute Gasteiger partial charge is 0.363 e. The van der Waals surface area contributed by atoms with E-state index in [0.717, 1.165) is 11.3 Å². The smallest absolute Gasteiger partial charge is 0.198 e. The van der Waals surface area contributed by atoms with Gasteiger partial charge in [0.1, 0.15) is 5.69 Å². The highest BCUT2D eigenvalue weighted by Crippen LogP contribution is 2.33. The molecular weight excluding hydrogens is 335 g/mol. The molecule has 0 atom stereocenters. The Balaban J connectivity index is 2.29. The quantitative estimate of drug-likeness (QED) is 0.699. The van der Waals surface area contributed by atoms with Crippen LogP contribution < -0.4 is 0 Å². The molecule has 4 nitrogen and oxygen atoms in total. The van der Waals surface area contributed by atoms with Gasteiger partial charge in [0.05, 0.1) is 16.4 Å². The third kappa shape index (κ3) is 2.99. The maximum Gasteiger partial charge on any atom is 0.198 e. The third-order valence-corrected chi connectivity index (χ3v) is 4.17. The summed E-state index contributed by atoms with van der Waals surface area (Å²) in [7, 11) is 0. The Kier molecular flexibility index (Phi) is 4.41. The fraction of sp³-hybridized carbons (Fsp3) is 0.118. The number of para-hydroxylation sites is 1. The Morgan fingerprint density at radius 3 is 2.26 bits per heavy atom. The van der Waals surface area contributed by atoms with Gasteiger partial charge < -0.3 is 10.2 Å². The van der Waals surface area contributed by atoms with Crippen LogP contribution in [0.5, 0.6) is 0 Å². The van der Waals surface area contributed by atoms with Crippen LogP contribution in [-0.4, -0.2) is 20.0 Å². The third-order valence-electron chi connectivity index (χ3n) is 3.60. The van der Waals surface area contributed by atoms with Crippen LogP contribution in [-0.2, 0) is 0 Å². The highest BCUT2D eigenvalue weighted by molar-refractivity contribution is 6.32. The molecule has 1 aromatic heterocycles. The molecule has 6 heteroatoms. The number of benzene rings is 2. The first-order valence-corrected chi connectivity index (χ1v) is 7.71. The molecule has 0 saturated heterocycles. The maximum atomic E-state index is 9.58. The van der Waals surface area contributed by atoms with E-state index in [-0.39, 0.29) is 5.69 Å². The van der Waals surface area contributed by atoms with Crippen molar-refractivity contribution in [2.45, 2.75) is 13.2 Å². The van der Waals surface area contributed by atoms with Crippen LogP contribution in [0.2, 0.25) is 10.0 Å². The number of aromatic nitrogens is 2. The van der Waals surface area contributed by atoms with Gasteiger partial charge in [-0.2, -0.15) is 5.10 Å². The van der Waals surface area contributed by atoms with Gasteiger partial charge in [-0.1, -0.05) is 47.5 Å². The van der Waals surface area contributed by atoms with E-state index in [1.807, 2.05) is 30.3 Å². The van der Waals surface area contributed by atoms with E-state index < -0.39 is 6.29 Å². The minimum absolute atomic E-state index is 0.190. The summed E-state index contributed by atoms with van der Waals surface area (Å²) in [6.07, 6.45) is -1.66. The summed E-state index contributed by atoms with van der Waals surface area (Å²) in [5, 5.41) is 24.6. The summed E-state index contributed by atoms with van der Waals surface area (Å²) in [6, 6.07) is 14.5. The van der Waals surface area contributed by atoms with Crippen LogP contribution in [0, 0.1) is 6.92 Å². The summed E-state index contributed by atoms with van der Waals surface area (Å²) in [4.78, 5) is 0. The molecule has 0 aliphatic carbocycles. The molecule has 3 aromatic rings. The van der Waals surface area contributed by atoms with Crippen molar-refractivity contribution < 1.29 is 10.2 Å². The highest BCUT2D eigenvalue weighted by atomic mass is 35.5. The van der Waals surface area contributed by atoms with E-state index in [1.54, 1.807) is 29.8 Å². The lowest BCUT2D eigenvalue weighted by molar-refractivity contribution is -0.0464. The molecule has 2 N–H and O–H groups in total. The number of hydrogen-bond acceptors (Lipinski definition) is 3. The Bertz CT molecular complexity index is 842. The summed E-state index contributed by atoms with van der Waals surface area (Å²) in [6.45, 7) is 1.79. The van der Waals surface area contributed by atoms with Crippen molar-refractivity contribution >= 4 is 23.2 Å². The Morgan fingerprint density at radius 1 is 1.00 bits per heavy atom. The molecule has 3 rings (SSSR count). The number of rotatable bonds is 3. The lowest BCUT2D eigenvalue weighted by atomic mass is 10.1. The first-order chi connectivity index (χ1) is 11.0. The number of aliphatic hydroxyl groups excluding tert-OH is 1. The molecule has 0 bridgehead atoms. The first-order valence-electron chi connectivity index (χ1n) is 6.95. The van der Waals surface area contributed by atoms with Gasteiger partial charge >= 0.3 is 0 Å². The number of aliphatic hydroxyl groups is 2. The van der Waals surface area contributed by atoms with Gasteiger partial charge in [-0.3, -0.25) is 0 Å². The SMILES string of the molecule is Cc1c(C(O)O)nn(-c2ccccc2Cl)c1-c1ccc(Cl)cc1. The molecule has 0 unspecified atom stereocenters. The zero-order valence-corrected chi connectivity index (χ0v) is 13.8. The van der Waals surface area contributed by atoms with Crippen LogP contribution in [0.1, 0.15) is 17.5 Å². The van der Waals surface area contributed by atoms with Crippen molar-refractivity contribution in [2.24, 2.45) is 0 Å². The molecule has 0 aliphatic rings. The summed E-state index contributed by atoms with van der Waals surface area (Å²) in [5.74, 6) is 0. The van der Waals surface area contributed by atoms with Gasteiger partial charge in [0.25, 0.3) is 0 Å². The predicted molar refractivity (Wildman–Crippen MR) is 90.9 cm³/mol. The van der Waals surface area contributed by atoms with E-state index >= 15 is 0 Å². The fourth-order valence-corrected chi connectivity index (χ4v) is 2.84. The van der Waals surface area contributed by atoms with Gasteiger partial charge in [0.15, 0.2) is 6.29 Å². The van der Waals surface area contributed by atoms with Gasteiger partial charge in [-0.25, -0.2) is 4.68 Å². The minimum Gasteiger partial charge on any atom is -0.363 e. The van der Waals surface area contributed by atoms with E-state index in [9.17, 15) is 10.2 Å². The lowest BCUT2D eigenvalue weighted by Crippen LogP contribution is -2.02. The average molecular weight is 349 g/mol. The molecular formula is C17H14Cl2N2O2. The van der Waals surface area contributed by atoms with E-state index in [4.69, 9.17) is 23.2 Å². The standard InChI is InChI=1S/C17H14Cl2N2O2/c1-10-15(17(22)23)20-21(14-5-3-2-4-13(14)19)16(10)11-6-8-12(18)9-7-11/h2-9,17,22-23H,1H3. The van der Waals surface area contributed by atoms with E-state index in [2.05, 4.69) is 5.10 Å². The van der Waals surface area contributed by atoms with E-state index in [0.29, 0.717) is 21.3 Å². The summed E-state index contributed by atoms with van der Waals surface area (Å²) < 4.78 is 1.62. The topological polar surface area (TPSA) is 58.3 Å². The van der Waals surface area contributed by atoms with Crippen molar-refractivity contribution in [1.82, 2.24) is 9.78 Å². The van der Waals surface area contributed by atoms with Crippen molar-refractivity contribution in [3.63, 3.8) is 0 Å². The molecule has 118 valence electrons. The van der Waals surface area contributed by atoms with Crippen LogP contribution in [0.3, 0.4) is 0 Å². The molecule has 0 fully saturated rings. The lowest BCUT2D eigenvalue weighted by Gasteiger charge is -2.10. The van der Waals surface area contributed by atoms with Crippen molar-refractivity contribution in [3.05, 3.63) is 69.8 Å². The Morgan fingerprint density at radius 2 is 1.65 bits per heavy atom. The highest BCUT2D eigenvalue weighted by Gasteiger charge is 2.21. The predicted octanol–water partition coefficient (Wildman–Crippen LogP) is 4.14. The van der Waals surface area contributed by atoms with Crippen LogP contribution in [0.25, 0.3) is 16.9 Å². The Labute approximate surface area is 143 Å². The van der Waals surface area contributed by atoms with E-state index in [1.165, 1.54) is 0 Å². The van der Waals surface area contributed by atoms with Gasteiger partial charge in [-0.15, -0.1) is 0 Å². The zero-order chi connectivity index (χ0) is 16.6. The molecule has 0 aliphatic heterocycles. The summed E-state index contributed by atoms with van der Waals surface area (Å²) >= 11 is 12.2. The van der Waals surface area contributed by atoms with Gasteiger partial charge in [0, 0.05) is 16.1 Å². The maximum absolute atomic E-state index is 9.58. The molecule has 1 heterocycles.